The fourth-order valence-corrected chi connectivity index (χ4v) is 5.46. The molecule has 1 aromatic carbocycles. The van der Waals surface area contributed by atoms with Crippen LogP contribution in [0.2, 0.25) is 5.02 Å². The number of halogens is 2. The van der Waals surface area contributed by atoms with Gasteiger partial charge in [0.25, 0.3) is 10.0 Å². The summed E-state index contributed by atoms with van der Waals surface area (Å²) < 4.78 is 47.6. The summed E-state index contributed by atoms with van der Waals surface area (Å²) in [4.78, 5) is 22.8. The Balaban J connectivity index is 1.87. The zero-order chi connectivity index (χ0) is 29.2. The van der Waals surface area contributed by atoms with E-state index in [0.717, 1.165) is 23.1 Å². The van der Waals surface area contributed by atoms with E-state index in [9.17, 15) is 17.6 Å². The number of sulfonamides is 1. The van der Waals surface area contributed by atoms with Crippen LogP contribution in [0.5, 0.6) is 0 Å². The second kappa shape index (κ2) is 11.7. The standard InChI is InChI=1S/C26H33ClFN5O4S2/c1-25(2,3)32(7)14-17-9-8-10-21(28)19(17)13-30-23-20(27)11-18(12-29-23)39(35,36)33(22-15-38-16-31-22)24(34)37-26(4,5)6/h8-12,15-16H,13-14H2,1-7H3,(H,29,30). The monoisotopic (exact) mass is 597 g/mol. The van der Waals surface area contributed by atoms with Crippen LogP contribution in [0.25, 0.3) is 0 Å². The van der Waals surface area contributed by atoms with E-state index >= 15 is 0 Å². The maximum absolute atomic E-state index is 14.8. The Bertz CT molecular complexity index is 1420. The molecule has 0 aliphatic rings. The van der Waals surface area contributed by atoms with Gasteiger partial charge in [0.05, 0.1) is 10.5 Å². The van der Waals surface area contributed by atoms with Gasteiger partial charge in [0.2, 0.25) is 0 Å². The van der Waals surface area contributed by atoms with Gasteiger partial charge in [-0.3, -0.25) is 4.90 Å². The number of nitrogens with one attached hydrogen (secondary N) is 1. The molecule has 13 heteroatoms. The van der Waals surface area contributed by atoms with Crippen LogP contribution in [0.15, 0.2) is 46.2 Å². The van der Waals surface area contributed by atoms with E-state index < -0.39 is 21.7 Å². The zero-order valence-corrected chi connectivity index (χ0v) is 25.3. The number of pyridine rings is 1. The molecule has 3 rings (SSSR count). The topological polar surface area (TPSA) is 105 Å². The maximum atomic E-state index is 14.8. The molecule has 0 bridgehead atoms. The van der Waals surface area contributed by atoms with Crippen molar-refractivity contribution in [2.45, 2.75) is 70.7 Å². The molecule has 0 atom stereocenters. The van der Waals surface area contributed by atoms with Crippen LogP contribution in [0.3, 0.4) is 0 Å². The molecule has 0 spiro atoms. The Labute approximate surface area is 238 Å². The Morgan fingerprint density at radius 2 is 1.87 bits per heavy atom. The first-order valence-electron chi connectivity index (χ1n) is 12.0. The predicted octanol–water partition coefficient (Wildman–Crippen LogP) is 6.30. The van der Waals surface area contributed by atoms with Crippen LogP contribution in [-0.2, 0) is 27.8 Å². The number of aromatic nitrogens is 2. The molecule has 0 saturated carbocycles. The van der Waals surface area contributed by atoms with Crippen molar-refractivity contribution < 1.29 is 22.3 Å². The van der Waals surface area contributed by atoms with E-state index in [0.29, 0.717) is 16.4 Å². The van der Waals surface area contributed by atoms with Gasteiger partial charge in [0.15, 0.2) is 5.82 Å². The second-order valence-electron chi connectivity index (χ2n) is 10.9. The average Bonchev–Trinajstić information content (AvgIpc) is 3.31. The van der Waals surface area contributed by atoms with Gasteiger partial charge in [-0.1, -0.05) is 23.7 Å². The molecule has 2 heterocycles. The van der Waals surface area contributed by atoms with Crippen LogP contribution >= 0.6 is 22.9 Å². The van der Waals surface area contributed by atoms with Gasteiger partial charge < -0.3 is 10.1 Å². The van der Waals surface area contributed by atoms with E-state index in [1.807, 2.05) is 13.1 Å². The fraction of sp³-hybridized carbons (Fsp3) is 0.423. The molecule has 0 unspecified atom stereocenters. The van der Waals surface area contributed by atoms with Crippen molar-refractivity contribution in [3.8, 4) is 0 Å². The molecule has 0 fully saturated rings. The van der Waals surface area contributed by atoms with Crippen molar-refractivity contribution in [1.82, 2.24) is 14.9 Å². The fourth-order valence-electron chi connectivity index (χ4n) is 3.34. The third kappa shape index (κ3) is 7.65. The Kier molecular flexibility index (Phi) is 9.26. The third-order valence-corrected chi connectivity index (χ3v) is 8.24. The number of hydrogen-bond acceptors (Lipinski definition) is 9. The first-order chi connectivity index (χ1) is 18.0. The number of rotatable bonds is 8. The van der Waals surface area contributed by atoms with Crippen LogP contribution in [-0.4, -0.2) is 47.6 Å². The lowest BCUT2D eigenvalue weighted by atomic mass is 10.0. The Morgan fingerprint density at radius 3 is 2.44 bits per heavy atom. The van der Waals surface area contributed by atoms with Crippen molar-refractivity contribution in [3.05, 3.63) is 63.3 Å². The number of benzene rings is 1. The summed E-state index contributed by atoms with van der Waals surface area (Å²) in [7, 11) is -2.52. The summed E-state index contributed by atoms with van der Waals surface area (Å²) in [6.07, 6.45) is -0.0397. The number of ether oxygens (including phenoxy) is 1. The van der Waals surface area contributed by atoms with Crippen LogP contribution < -0.4 is 9.62 Å². The number of anilines is 2. The van der Waals surface area contributed by atoms with Gasteiger partial charge in [0, 0.05) is 35.8 Å². The van der Waals surface area contributed by atoms with Crippen LogP contribution in [0.4, 0.5) is 20.8 Å². The van der Waals surface area contributed by atoms with Gasteiger partial charge >= 0.3 is 6.09 Å². The first-order valence-corrected chi connectivity index (χ1v) is 14.8. The molecule has 2 aromatic heterocycles. The van der Waals surface area contributed by atoms with Crippen molar-refractivity contribution in [2.24, 2.45) is 0 Å². The van der Waals surface area contributed by atoms with E-state index in [1.54, 1.807) is 26.8 Å². The highest BCUT2D eigenvalue weighted by Gasteiger charge is 2.36. The third-order valence-electron chi connectivity index (χ3n) is 5.74. The Morgan fingerprint density at radius 1 is 1.18 bits per heavy atom. The summed E-state index contributed by atoms with van der Waals surface area (Å²) in [6, 6.07) is 6.07. The number of carbonyl (C=O) groups is 1. The van der Waals surface area contributed by atoms with Crippen molar-refractivity contribution in [1.29, 1.82) is 0 Å². The summed E-state index contributed by atoms with van der Waals surface area (Å²) in [5.41, 5.74) is 1.58. The highest BCUT2D eigenvalue weighted by atomic mass is 35.5. The first kappa shape index (κ1) is 30.7. The molecule has 0 radical (unpaired) electrons. The minimum absolute atomic E-state index is 0.0248. The van der Waals surface area contributed by atoms with E-state index in [2.05, 4.69) is 41.0 Å². The largest absolute Gasteiger partial charge is 0.443 e. The molecule has 0 aliphatic heterocycles. The van der Waals surface area contributed by atoms with Crippen LogP contribution in [0, 0.1) is 5.82 Å². The Hall–Kier alpha value is -2.80. The lowest BCUT2D eigenvalue weighted by molar-refractivity contribution is 0.0608. The smallest absolute Gasteiger partial charge is 0.430 e. The molecule has 1 amide bonds. The van der Waals surface area contributed by atoms with E-state index in [-0.39, 0.29) is 39.5 Å². The molecule has 1 N–H and O–H groups in total. The molecule has 0 saturated heterocycles. The van der Waals surface area contributed by atoms with Gasteiger partial charge in [-0.05, 0) is 66.3 Å². The molecule has 3 aromatic rings. The van der Waals surface area contributed by atoms with Gasteiger partial charge in [-0.25, -0.2) is 27.6 Å². The normalized spacial score (nSPS) is 12.5. The maximum Gasteiger partial charge on any atom is 0.430 e. The van der Waals surface area contributed by atoms with Crippen molar-refractivity contribution >= 4 is 50.7 Å². The summed E-state index contributed by atoms with van der Waals surface area (Å²) in [6.45, 7) is 11.7. The highest BCUT2D eigenvalue weighted by molar-refractivity contribution is 7.93. The summed E-state index contributed by atoms with van der Waals surface area (Å²) in [5.74, 6) is -0.333. The molecule has 0 aliphatic carbocycles. The lowest BCUT2D eigenvalue weighted by Crippen LogP contribution is -2.41. The van der Waals surface area contributed by atoms with Crippen LogP contribution in [0.1, 0.15) is 52.7 Å². The number of nitrogens with zero attached hydrogens (tertiary/aromatic N) is 4. The lowest BCUT2D eigenvalue weighted by Gasteiger charge is -2.32. The van der Waals surface area contributed by atoms with Crippen molar-refractivity contribution in [2.75, 3.05) is 16.7 Å². The highest BCUT2D eigenvalue weighted by Crippen LogP contribution is 2.30. The minimum atomic E-state index is -4.48. The molecule has 212 valence electrons. The van der Waals surface area contributed by atoms with Gasteiger partial charge in [-0.15, -0.1) is 15.6 Å². The second-order valence-corrected chi connectivity index (χ2v) is 13.8. The number of thiazole rings is 1. The number of amides is 1. The minimum Gasteiger partial charge on any atom is -0.443 e. The van der Waals surface area contributed by atoms with Crippen molar-refractivity contribution in [3.63, 3.8) is 0 Å². The number of hydrogen-bond donors (Lipinski definition) is 1. The predicted molar refractivity (Wildman–Crippen MR) is 152 cm³/mol. The average molecular weight is 598 g/mol. The quantitative estimate of drug-likeness (QED) is 0.322. The zero-order valence-electron chi connectivity index (χ0n) is 22.9. The van der Waals surface area contributed by atoms with E-state index in [1.165, 1.54) is 23.0 Å². The van der Waals surface area contributed by atoms with Gasteiger partial charge in [0.1, 0.15) is 22.1 Å². The summed E-state index contributed by atoms with van der Waals surface area (Å²) in [5, 5.41) is 4.39. The van der Waals surface area contributed by atoms with E-state index in [4.69, 9.17) is 16.3 Å². The molecule has 9 nitrogen and oxygen atoms in total. The molecular weight excluding hydrogens is 565 g/mol. The number of carbonyl (C=O) groups excluding carboxylic acids is 1. The van der Waals surface area contributed by atoms with Gasteiger partial charge in [-0.2, -0.15) is 0 Å². The molecule has 39 heavy (non-hydrogen) atoms. The molecular formula is C26H33ClFN5O4S2. The SMILES string of the molecule is CN(Cc1cccc(F)c1CNc1ncc(S(=O)(=O)N(C(=O)OC(C)(C)C)c2cscn2)cc1Cl)C(C)(C)C. The summed E-state index contributed by atoms with van der Waals surface area (Å²) >= 11 is 7.52.